The average Bonchev–Trinajstić information content (AvgIpc) is 2.88. The molecule has 0 spiro atoms. The standard InChI is InChI=1S/C16H26N2O2S/c1-2-8-18-9-3-5-13(7-10-18)17-14(12-16(19)20)15-6-4-11-21-15/h4,6,11,13-14,17H,2-3,5,7-10,12H2,1H3,(H,19,20). The van der Waals surface area contributed by atoms with Crippen LogP contribution in [0.2, 0.25) is 0 Å². The maximum atomic E-state index is 11.1. The van der Waals surface area contributed by atoms with Crippen molar-refractivity contribution in [2.45, 2.75) is 51.1 Å². The average molecular weight is 310 g/mol. The molecule has 0 aromatic carbocycles. The normalized spacial score (nSPS) is 21.9. The molecule has 2 N–H and O–H groups in total. The Morgan fingerprint density at radius 2 is 2.38 bits per heavy atom. The van der Waals surface area contributed by atoms with Crippen LogP contribution in [0.3, 0.4) is 0 Å². The fourth-order valence-corrected chi connectivity index (χ4v) is 3.84. The number of aliphatic carboxylic acids is 1. The Kier molecular flexibility index (Phi) is 6.67. The predicted molar refractivity (Wildman–Crippen MR) is 86.8 cm³/mol. The highest BCUT2D eigenvalue weighted by atomic mass is 32.1. The Labute approximate surface area is 131 Å². The SMILES string of the molecule is CCCN1CCCC(NC(CC(=O)O)c2cccs2)CC1. The number of hydrogen-bond donors (Lipinski definition) is 2. The van der Waals surface area contributed by atoms with E-state index in [1.54, 1.807) is 11.3 Å². The van der Waals surface area contributed by atoms with Crippen LogP contribution in [0.4, 0.5) is 0 Å². The van der Waals surface area contributed by atoms with Crippen LogP contribution in [0.1, 0.15) is 49.9 Å². The van der Waals surface area contributed by atoms with Crippen molar-refractivity contribution in [1.29, 1.82) is 0 Å². The lowest BCUT2D eigenvalue weighted by atomic mass is 10.1. The maximum absolute atomic E-state index is 11.1. The van der Waals surface area contributed by atoms with Gasteiger partial charge in [-0.25, -0.2) is 0 Å². The highest BCUT2D eigenvalue weighted by Crippen LogP contribution is 2.24. The van der Waals surface area contributed by atoms with Gasteiger partial charge in [0, 0.05) is 10.9 Å². The van der Waals surface area contributed by atoms with E-state index in [1.165, 1.54) is 25.9 Å². The van der Waals surface area contributed by atoms with E-state index in [1.807, 2.05) is 17.5 Å². The van der Waals surface area contributed by atoms with Crippen LogP contribution in [0.25, 0.3) is 0 Å². The summed E-state index contributed by atoms with van der Waals surface area (Å²) in [5.74, 6) is -0.734. The molecule has 5 heteroatoms. The Morgan fingerprint density at radius 1 is 1.52 bits per heavy atom. The van der Waals surface area contributed by atoms with Gasteiger partial charge in [0.1, 0.15) is 0 Å². The molecular formula is C16H26N2O2S. The van der Waals surface area contributed by atoms with Crippen molar-refractivity contribution in [1.82, 2.24) is 10.2 Å². The first-order valence-electron chi connectivity index (χ1n) is 7.92. The molecule has 0 aliphatic carbocycles. The van der Waals surface area contributed by atoms with Gasteiger partial charge in [-0.1, -0.05) is 13.0 Å². The first-order chi connectivity index (χ1) is 10.2. The Bertz CT molecular complexity index is 422. The third-order valence-electron chi connectivity index (χ3n) is 4.06. The summed E-state index contributed by atoms with van der Waals surface area (Å²) in [6.07, 6.45) is 4.82. The minimum Gasteiger partial charge on any atom is -0.481 e. The van der Waals surface area contributed by atoms with Crippen LogP contribution >= 0.6 is 11.3 Å². The molecule has 0 saturated carbocycles. The molecule has 0 radical (unpaired) electrons. The van der Waals surface area contributed by atoms with Crippen LogP contribution in [-0.2, 0) is 4.79 Å². The maximum Gasteiger partial charge on any atom is 0.305 e. The molecule has 1 fully saturated rings. The molecule has 1 aromatic rings. The highest BCUT2D eigenvalue weighted by molar-refractivity contribution is 7.10. The zero-order chi connectivity index (χ0) is 15.1. The topological polar surface area (TPSA) is 52.6 Å². The van der Waals surface area contributed by atoms with Crippen LogP contribution in [0, 0.1) is 0 Å². The Hall–Kier alpha value is -0.910. The smallest absolute Gasteiger partial charge is 0.305 e. The summed E-state index contributed by atoms with van der Waals surface area (Å²) in [5, 5.41) is 14.7. The number of nitrogens with one attached hydrogen (secondary N) is 1. The molecule has 2 heterocycles. The largest absolute Gasteiger partial charge is 0.481 e. The number of rotatable bonds is 7. The minimum atomic E-state index is -0.734. The van der Waals surface area contributed by atoms with Gasteiger partial charge in [0.25, 0.3) is 0 Å². The van der Waals surface area contributed by atoms with Gasteiger partial charge in [0.15, 0.2) is 0 Å². The summed E-state index contributed by atoms with van der Waals surface area (Å²) in [6, 6.07) is 4.40. The fraction of sp³-hybridized carbons (Fsp3) is 0.688. The molecule has 2 rings (SSSR count). The van der Waals surface area contributed by atoms with Crippen molar-refractivity contribution in [2.24, 2.45) is 0 Å². The van der Waals surface area contributed by atoms with Crippen LogP contribution in [0.5, 0.6) is 0 Å². The van der Waals surface area contributed by atoms with Gasteiger partial charge in [-0.2, -0.15) is 0 Å². The lowest BCUT2D eigenvalue weighted by molar-refractivity contribution is -0.137. The van der Waals surface area contributed by atoms with E-state index in [2.05, 4.69) is 17.1 Å². The second-order valence-electron chi connectivity index (χ2n) is 5.80. The van der Waals surface area contributed by atoms with Gasteiger partial charge in [-0.15, -0.1) is 11.3 Å². The Balaban J connectivity index is 1.92. The van der Waals surface area contributed by atoms with E-state index < -0.39 is 5.97 Å². The number of hydrogen-bond acceptors (Lipinski definition) is 4. The fourth-order valence-electron chi connectivity index (χ4n) is 3.05. The summed E-state index contributed by atoms with van der Waals surface area (Å²) in [6.45, 7) is 5.70. The van der Waals surface area contributed by atoms with Gasteiger partial charge < -0.3 is 15.3 Å². The number of carboxylic acid groups (broad SMARTS) is 1. The van der Waals surface area contributed by atoms with Crippen molar-refractivity contribution in [3.8, 4) is 0 Å². The molecule has 1 aliphatic rings. The lowest BCUT2D eigenvalue weighted by Gasteiger charge is -2.23. The van der Waals surface area contributed by atoms with Gasteiger partial charge in [0.2, 0.25) is 0 Å². The van der Waals surface area contributed by atoms with Gasteiger partial charge in [-0.05, 0) is 56.8 Å². The van der Waals surface area contributed by atoms with Crippen molar-refractivity contribution >= 4 is 17.3 Å². The molecule has 1 aromatic heterocycles. The van der Waals surface area contributed by atoms with Crippen LogP contribution in [-0.4, -0.2) is 41.7 Å². The highest BCUT2D eigenvalue weighted by Gasteiger charge is 2.22. The summed E-state index contributed by atoms with van der Waals surface area (Å²) in [7, 11) is 0. The minimum absolute atomic E-state index is 0.0507. The molecule has 4 nitrogen and oxygen atoms in total. The molecule has 21 heavy (non-hydrogen) atoms. The number of likely N-dealkylation sites (tertiary alicyclic amines) is 1. The molecule has 1 aliphatic heterocycles. The summed E-state index contributed by atoms with van der Waals surface area (Å²) in [4.78, 5) is 14.8. The number of nitrogens with zero attached hydrogens (tertiary/aromatic N) is 1. The summed E-state index contributed by atoms with van der Waals surface area (Å²) in [5.41, 5.74) is 0. The second-order valence-corrected chi connectivity index (χ2v) is 6.78. The van der Waals surface area contributed by atoms with Gasteiger partial charge in [-0.3, -0.25) is 4.79 Å². The quantitative estimate of drug-likeness (QED) is 0.812. The monoisotopic (exact) mass is 310 g/mol. The van der Waals surface area contributed by atoms with Crippen LogP contribution < -0.4 is 5.32 Å². The first-order valence-corrected chi connectivity index (χ1v) is 8.80. The number of carboxylic acids is 1. The Morgan fingerprint density at radius 3 is 3.05 bits per heavy atom. The van der Waals surface area contributed by atoms with Gasteiger partial charge in [0.05, 0.1) is 12.5 Å². The first kappa shape index (κ1) is 16.5. The lowest BCUT2D eigenvalue weighted by Crippen LogP contribution is -2.35. The van der Waals surface area contributed by atoms with E-state index in [0.29, 0.717) is 6.04 Å². The van der Waals surface area contributed by atoms with E-state index in [9.17, 15) is 4.79 Å². The number of carbonyl (C=O) groups is 1. The number of thiophene rings is 1. The molecule has 0 amide bonds. The molecule has 0 bridgehead atoms. The third-order valence-corrected chi connectivity index (χ3v) is 5.05. The van der Waals surface area contributed by atoms with E-state index in [4.69, 9.17) is 5.11 Å². The summed E-state index contributed by atoms with van der Waals surface area (Å²) >= 11 is 1.64. The summed E-state index contributed by atoms with van der Waals surface area (Å²) < 4.78 is 0. The zero-order valence-electron chi connectivity index (χ0n) is 12.8. The van der Waals surface area contributed by atoms with Crippen molar-refractivity contribution < 1.29 is 9.90 Å². The third kappa shape index (κ3) is 5.41. The molecular weight excluding hydrogens is 284 g/mol. The predicted octanol–water partition coefficient (Wildman–Crippen LogP) is 3.12. The second kappa shape index (κ2) is 8.51. The van der Waals surface area contributed by atoms with Gasteiger partial charge >= 0.3 is 5.97 Å². The molecule has 118 valence electrons. The van der Waals surface area contributed by atoms with Crippen molar-refractivity contribution in [2.75, 3.05) is 19.6 Å². The zero-order valence-corrected chi connectivity index (χ0v) is 13.6. The molecule has 2 atom stereocenters. The van der Waals surface area contributed by atoms with Crippen molar-refractivity contribution in [3.05, 3.63) is 22.4 Å². The molecule has 1 saturated heterocycles. The van der Waals surface area contributed by atoms with E-state index in [0.717, 1.165) is 24.3 Å². The molecule has 2 unspecified atom stereocenters. The van der Waals surface area contributed by atoms with Crippen molar-refractivity contribution in [3.63, 3.8) is 0 Å². The van der Waals surface area contributed by atoms with E-state index in [-0.39, 0.29) is 12.5 Å². The van der Waals surface area contributed by atoms with E-state index >= 15 is 0 Å². The van der Waals surface area contributed by atoms with Crippen LogP contribution in [0.15, 0.2) is 17.5 Å².